The van der Waals surface area contributed by atoms with E-state index in [4.69, 9.17) is 0 Å². The van der Waals surface area contributed by atoms with Crippen molar-refractivity contribution in [2.45, 2.75) is 128 Å². The third-order valence-corrected chi connectivity index (χ3v) is 12.9. The number of hydrogen-bond acceptors (Lipinski definition) is 2. The molecule has 0 N–H and O–H groups in total. The molecule has 4 heteroatoms. The van der Waals surface area contributed by atoms with Crippen molar-refractivity contribution in [1.29, 1.82) is 0 Å². The van der Waals surface area contributed by atoms with Crippen molar-refractivity contribution in [2.24, 2.45) is 0 Å². The maximum Gasteiger partial charge on any atom is 0.0954 e. The Kier molecular flexibility index (Phi) is 9.60. The molecule has 2 atom stereocenters. The Morgan fingerprint density at radius 1 is 0.708 bits per heavy atom. The molecular weight excluding hydrogens is 324 g/mol. The average Bonchev–Trinajstić information content (AvgIpc) is 3.30. The Morgan fingerprint density at radius 2 is 1.04 bits per heavy atom. The second-order valence-corrected chi connectivity index (χ2v) is 12.3. The monoisotopic (exact) mass is 368 g/mol. The third-order valence-electron chi connectivity index (χ3n) is 6.98. The van der Waals surface area contributed by atoms with Crippen molar-refractivity contribution in [1.82, 2.24) is 9.13 Å². The summed E-state index contributed by atoms with van der Waals surface area (Å²) >= 11 is 0. The molecule has 2 fully saturated rings. The minimum absolute atomic E-state index is 0.0165. The second kappa shape index (κ2) is 11.1. The maximum absolute atomic E-state index is 3.02. The van der Waals surface area contributed by atoms with E-state index in [2.05, 4.69) is 36.8 Å². The van der Waals surface area contributed by atoms with Gasteiger partial charge in [0.1, 0.15) is 0 Å². The summed E-state index contributed by atoms with van der Waals surface area (Å²) in [4.78, 5) is 0. The molecule has 2 saturated carbocycles. The molecule has 24 heavy (non-hydrogen) atoms. The molecule has 2 unspecified atom stereocenters. The smallest absolute Gasteiger partial charge is 0.0954 e. The fourth-order valence-electron chi connectivity index (χ4n) is 5.06. The molecule has 2 rings (SSSR count). The lowest BCUT2D eigenvalue weighted by Gasteiger charge is -2.36. The number of hydrogen-bond donors (Lipinski definition) is 0. The van der Waals surface area contributed by atoms with Crippen LogP contribution in [0.4, 0.5) is 0 Å². The highest BCUT2D eigenvalue weighted by atomic mass is 28.2. The summed E-state index contributed by atoms with van der Waals surface area (Å²) in [6, 6.07) is 6.81. The Bertz CT molecular complexity index is 296. The molecule has 0 aromatic heterocycles. The zero-order valence-electron chi connectivity index (χ0n) is 17.1. The van der Waals surface area contributed by atoms with Crippen molar-refractivity contribution in [3.05, 3.63) is 0 Å². The third kappa shape index (κ3) is 5.96. The van der Waals surface area contributed by atoms with Crippen LogP contribution in [-0.4, -0.2) is 52.7 Å². The molecule has 0 bridgehead atoms. The van der Waals surface area contributed by atoms with Crippen molar-refractivity contribution in [3.63, 3.8) is 0 Å². The first-order valence-electron chi connectivity index (χ1n) is 11.2. The van der Waals surface area contributed by atoms with E-state index in [0.29, 0.717) is 0 Å². The Morgan fingerprint density at radius 3 is 1.33 bits per heavy atom. The van der Waals surface area contributed by atoms with Crippen molar-refractivity contribution < 1.29 is 0 Å². The van der Waals surface area contributed by atoms with Gasteiger partial charge >= 0.3 is 0 Å². The van der Waals surface area contributed by atoms with Gasteiger partial charge in [0.2, 0.25) is 0 Å². The molecule has 0 amide bonds. The molecular formula is C20H44N2Si2. The quantitative estimate of drug-likeness (QED) is 0.400. The van der Waals surface area contributed by atoms with Crippen LogP contribution in [0.15, 0.2) is 0 Å². The molecule has 142 valence electrons. The largest absolute Gasteiger partial charge is 0.324 e. The Labute approximate surface area is 156 Å². The standard InChI is InChI=1S/C20H44N2Si2/c1-5-17(3)21(19-11-7-8-12-19)23-15-16-24-22(18(4)6-2)20-13-9-10-14-20/h17-20H,5-16,23-24H2,1-4H3. The van der Waals surface area contributed by atoms with E-state index in [9.17, 15) is 0 Å². The van der Waals surface area contributed by atoms with Crippen LogP contribution in [0, 0.1) is 0 Å². The van der Waals surface area contributed by atoms with Crippen LogP contribution in [0.1, 0.15) is 91.9 Å². The Balaban J connectivity index is 1.77. The van der Waals surface area contributed by atoms with E-state index in [0.717, 1.165) is 24.2 Å². The molecule has 0 saturated heterocycles. The summed E-state index contributed by atoms with van der Waals surface area (Å²) in [7, 11) is -0.0330. The minimum atomic E-state index is -0.0165. The van der Waals surface area contributed by atoms with Crippen molar-refractivity contribution >= 4 is 19.4 Å². The topological polar surface area (TPSA) is 6.48 Å². The van der Waals surface area contributed by atoms with Crippen LogP contribution in [-0.2, 0) is 0 Å². The van der Waals surface area contributed by atoms with Gasteiger partial charge in [0.15, 0.2) is 0 Å². The minimum Gasteiger partial charge on any atom is -0.324 e. The highest BCUT2D eigenvalue weighted by molar-refractivity contribution is 6.39. The maximum atomic E-state index is 3.02. The van der Waals surface area contributed by atoms with Crippen LogP contribution < -0.4 is 0 Å². The highest BCUT2D eigenvalue weighted by Gasteiger charge is 2.27. The first-order chi connectivity index (χ1) is 11.7. The second-order valence-electron chi connectivity index (χ2n) is 8.57. The van der Waals surface area contributed by atoms with Crippen LogP contribution >= 0.6 is 0 Å². The van der Waals surface area contributed by atoms with E-state index in [1.807, 2.05) is 0 Å². The van der Waals surface area contributed by atoms with Gasteiger partial charge in [-0.2, -0.15) is 0 Å². The summed E-state index contributed by atoms with van der Waals surface area (Å²) in [6.07, 6.45) is 14.6. The fraction of sp³-hybridized carbons (Fsp3) is 1.00. The summed E-state index contributed by atoms with van der Waals surface area (Å²) in [6.45, 7) is 9.76. The first-order valence-corrected chi connectivity index (χ1v) is 14.4. The van der Waals surface area contributed by atoms with Gasteiger partial charge in [-0.25, -0.2) is 0 Å². The summed E-state index contributed by atoms with van der Waals surface area (Å²) in [5.74, 6) is 0. The molecule has 2 nitrogen and oxygen atoms in total. The first kappa shape index (κ1) is 20.7. The van der Waals surface area contributed by atoms with Crippen molar-refractivity contribution in [2.75, 3.05) is 0 Å². The summed E-state index contributed by atoms with van der Waals surface area (Å²) in [5.41, 5.74) is 0. The zero-order valence-corrected chi connectivity index (χ0v) is 19.9. The van der Waals surface area contributed by atoms with Crippen molar-refractivity contribution in [3.8, 4) is 0 Å². The molecule has 0 heterocycles. The van der Waals surface area contributed by atoms with Gasteiger partial charge < -0.3 is 9.13 Å². The van der Waals surface area contributed by atoms with E-state index in [-0.39, 0.29) is 19.4 Å². The predicted molar refractivity (Wildman–Crippen MR) is 114 cm³/mol. The normalized spacial score (nSPS) is 23.8. The number of nitrogens with zero attached hydrogens (tertiary/aromatic N) is 2. The number of rotatable bonds is 11. The van der Waals surface area contributed by atoms with Crippen LogP contribution in [0.25, 0.3) is 0 Å². The Hall–Kier alpha value is 0.354. The highest BCUT2D eigenvalue weighted by Crippen LogP contribution is 2.27. The van der Waals surface area contributed by atoms with Gasteiger partial charge in [-0.3, -0.25) is 0 Å². The van der Waals surface area contributed by atoms with E-state index >= 15 is 0 Å². The zero-order chi connectivity index (χ0) is 17.4. The molecule has 2 aliphatic rings. The van der Waals surface area contributed by atoms with Crippen LogP contribution in [0.5, 0.6) is 0 Å². The van der Waals surface area contributed by atoms with Gasteiger partial charge in [-0.1, -0.05) is 65.5 Å². The van der Waals surface area contributed by atoms with Gasteiger partial charge in [-0.15, -0.1) is 0 Å². The van der Waals surface area contributed by atoms with Crippen LogP contribution in [0.3, 0.4) is 0 Å². The predicted octanol–water partition coefficient (Wildman–Crippen LogP) is 4.08. The van der Waals surface area contributed by atoms with Gasteiger partial charge in [0.25, 0.3) is 0 Å². The summed E-state index contributed by atoms with van der Waals surface area (Å²) < 4.78 is 6.04. The SMILES string of the molecule is CCC(C)N([SiH2]CC[SiH2]N(C(C)CC)C1CCCC1)C1CCCC1. The van der Waals surface area contributed by atoms with E-state index in [1.165, 1.54) is 64.2 Å². The van der Waals surface area contributed by atoms with Crippen LogP contribution in [0.2, 0.25) is 12.1 Å². The van der Waals surface area contributed by atoms with Gasteiger partial charge in [0, 0.05) is 12.1 Å². The van der Waals surface area contributed by atoms with Gasteiger partial charge in [-0.05, 0) is 50.6 Å². The average molecular weight is 369 g/mol. The molecule has 0 radical (unpaired) electrons. The lowest BCUT2D eigenvalue weighted by Crippen LogP contribution is -2.44. The lowest BCUT2D eigenvalue weighted by atomic mass is 10.2. The molecule has 2 aliphatic carbocycles. The molecule has 0 aromatic rings. The molecule has 0 aliphatic heterocycles. The lowest BCUT2D eigenvalue weighted by molar-refractivity contribution is 0.259. The van der Waals surface area contributed by atoms with Gasteiger partial charge in [0.05, 0.1) is 19.4 Å². The molecule has 0 spiro atoms. The fourth-order valence-corrected chi connectivity index (χ4v) is 10.4. The molecule has 0 aromatic carbocycles. The van der Waals surface area contributed by atoms with E-state index in [1.54, 1.807) is 12.1 Å². The van der Waals surface area contributed by atoms with E-state index < -0.39 is 0 Å². The summed E-state index contributed by atoms with van der Waals surface area (Å²) in [5, 5.41) is 0.